The second-order valence-electron chi connectivity index (χ2n) is 7.14. The fraction of sp³-hybridized carbons (Fsp3) is 1.00. The molecule has 0 radical (unpaired) electrons. The van der Waals surface area contributed by atoms with E-state index < -0.39 is 0 Å². The standard InChI is InChI=1S/C17H37N2/c1-6-9-13-18-19(5,8-3)14-10-12-17(4)15-16(17)11-7-2/h16,18H,6-15H2,1-5H3/q+1. The van der Waals surface area contributed by atoms with E-state index in [4.69, 9.17) is 0 Å². The Kier molecular flexibility index (Phi) is 6.82. The number of hydrogen-bond acceptors (Lipinski definition) is 1. The zero-order valence-corrected chi connectivity index (χ0v) is 14.1. The van der Waals surface area contributed by atoms with Crippen LogP contribution in [-0.2, 0) is 0 Å². The zero-order valence-electron chi connectivity index (χ0n) is 14.1. The number of quaternary nitrogens is 1. The molecule has 3 unspecified atom stereocenters. The Hall–Kier alpha value is -0.0800. The van der Waals surface area contributed by atoms with Gasteiger partial charge in [0, 0.05) is 6.54 Å². The Labute approximate surface area is 121 Å². The van der Waals surface area contributed by atoms with E-state index in [2.05, 4.69) is 40.2 Å². The van der Waals surface area contributed by atoms with E-state index in [0.717, 1.165) is 17.1 Å². The number of hydrogen-bond donors (Lipinski definition) is 1. The van der Waals surface area contributed by atoms with Crippen molar-refractivity contribution in [3.8, 4) is 0 Å². The summed E-state index contributed by atoms with van der Waals surface area (Å²) in [5, 5.41) is 0. The van der Waals surface area contributed by atoms with Crippen molar-refractivity contribution in [2.45, 2.75) is 72.6 Å². The second kappa shape index (κ2) is 7.64. The third kappa shape index (κ3) is 5.43. The SMILES string of the molecule is CCCCN[N+](C)(CC)CCCC1(C)CC1CCC. The summed E-state index contributed by atoms with van der Waals surface area (Å²) in [6.45, 7) is 13.0. The van der Waals surface area contributed by atoms with E-state index in [1.54, 1.807) is 0 Å². The van der Waals surface area contributed by atoms with E-state index >= 15 is 0 Å². The average Bonchev–Trinajstić information content (AvgIpc) is 3.01. The fourth-order valence-corrected chi connectivity index (χ4v) is 3.32. The van der Waals surface area contributed by atoms with Gasteiger partial charge in [0.1, 0.15) is 0 Å². The quantitative estimate of drug-likeness (QED) is 0.334. The van der Waals surface area contributed by atoms with Crippen LogP contribution in [0.3, 0.4) is 0 Å². The number of nitrogens with one attached hydrogen (secondary N) is 1. The van der Waals surface area contributed by atoms with E-state index in [1.165, 1.54) is 58.0 Å². The van der Waals surface area contributed by atoms with Crippen molar-refractivity contribution < 1.29 is 4.59 Å². The highest BCUT2D eigenvalue weighted by molar-refractivity contribution is 4.97. The van der Waals surface area contributed by atoms with Crippen molar-refractivity contribution in [2.24, 2.45) is 11.3 Å². The third-order valence-corrected chi connectivity index (χ3v) is 5.30. The summed E-state index contributed by atoms with van der Waals surface area (Å²) >= 11 is 0. The normalized spacial score (nSPS) is 29.2. The van der Waals surface area contributed by atoms with Gasteiger partial charge in [-0.15, -0.1) is 0 Å². The largest absolute Gasteiger partial charge is 0.248 e. The smallest absolute Gasteiger partial charge is 0.0960 e. The first kappa shape index (κ1) is 17.0. The average molecular weight is 269 g/mol. The lowest BCUT2D eigenvalue weighted by molar-refractivity contribution is -0.950. The molecule has 0 aromatic heterocycles. The van der Waals surface area contributed by atoms with Crippen molar-refractivity contribution in [3.63, 3.8) is 0 Å². The van der Waals surface area contributed by atoms with Crippen molar-refractivity contribution in [1.29, 1.82) is 0 Å². The first-order valence-corrected chi connectivity index (χ1v) is 8.59. The molecule has 0 aromatic carbocycles. The third-order valence-electron chi connectivity index (χ3n) is 5.30. The van der Waals surface area contributed by atoms with E-state index in [1.807, 2.05) is 0 Å². The lowest BCUT2D eigenvalue weighted by atomic mass is 9.97. The van der Waals surface area contributed by atoms with Gasteiger partial charge < -0.3 is 0 Å². The molecule has 1 aliphatic carbocycles. The summed E-state index contributed by atoms with van der Waals surface area (Å²) in [7, 11) is 2.36. The molecule has 1 rings (SSSR count). The van der Waals surface area contributed by atoms with Crippen molar-refractivity contribution >= 4 is 0 Å². The van der Waals surface area contributed by atoms with Gasteiger partial charge in [-0.1, -0.05) is 40.0 Å². The molecule has 1 fully saturated rings. The summed E-state index contributed by atoms with van der Waals surface area (Å²) < 4.78 is 1.05. The molecule has 0 heterocycles. The second-order valence-corrected chi connectivity index (χ2v) is 7.14. The maximum atomic E-state index is 3.73. The number of rotatable bonds is 11. The van der Waals surface area contributed by atoms with E-state index in [9.17, 15) is 0 Å². The maximum absolute atomic E-state index is 3.73. The van der Waals surface area contributed by atoms with Gasteiger partial charge in [-0.2, -0.15) is 5.43 Å². The Morgan fingerprint density at radius 2 is 1.89 bits per heavy atom. The van der Waals surface area contributed by atoms with Crippen LogP contribution in [-0.4, -0.2) is 31.3 Å². The van der Waals surface area contributed by atoms with Crippen LogP contribution in [0.15, 0.2) is 0 Å². The van der Waals surface area contributed by atoms with Crippen LogP contribution in [0.25, 0.3) is 0 Å². The predicted octanol–water partition coefficient (Wildman–Crippen LogP) is 4.36. The Balaban J connectivity index is 2.22. The Morgan fingerprint density at radius 3 is 2.47 bits per heavy atom. The fourth-order valence-electron chi connectivity index (χ4n) is 3.32. The lowest BCUT2D eigenvalue weighted by Gasteiger charge is -2.33. The minimum Gasteiger partial charge on any atom is -0.248 e. The van der Waals surface area contributed by atoms with Crippen molar-refractivity contribution in [2.75, 3.05) is 26.7 Å². The Bertz CT molecular complexity index is 254. The highest BCUT2D eigenvalue weighted by Crippen LogP contribution is 2.57. The minimum absolute atomic E-state index is 0.692. The summed E-state index contributed by atoms with van der Waals surface area (Å²) in [4.78, 5) is 0. The first-order chi connectivity index (χ1) is 8.99. The summed E-state index contributed by atoms with van der Waals surface area (Å²) in [5.41, 5.74) is 4.42. The molecule has 19 heavy (non-hydrogen) atoms. The first-order valence-electron chi connectivity index (χ1n) is 8.59. The molecule has 2 heteroatoms. The molecular formula is C17H37N2+. The van der Waals surface area contributed by atoms with Crippen LogP contribution in [0.5, 0.6) is 0 Å². The highest BCUT2D eigenvalue weighted by atomic mass is 15.6. The van der Waals surface area contributed by atoms with Crippen LogP contribution in [0, 0.1) is 11.3 Å². The molecule has 0 spiro atoms. The molecule has 3 atom stereocenters. The summed E-state index contributed by atoms with van der Waals surface area (Å²) in [6.07, 6.45) is 9.69. The molecule has 0 aliphatic heterocycles. The molecule has 0 bridgehead atoms. The summed E-state index contributed by atoms with van der Waals surface area (Å²) in [5.74, 6) is 1.03. The lowest BCUT2D eigenvalue weighted by Crippen LogP contribution is -2.55. The molecule has 114 valence electrons. The molecular weight excluding hydrogens is 232 g/mol. The van der Waals surface area contributed by atoms with Gasteiger partial charge in [0.25, 0.3) is 0 Å². The molecule has 0 saturated heterocycles. The molecule has 1 N–H and O–H groups in total. The van der Waals surface area contributed by atoms with Gasteiger partial charge in [0.05, 0.1) is 20.1 Å². The van der Waals surface area contributed by atoms with Gasteiger partial charge in [-0.25, -0.2) is 4.59 Å². The van der Waals surface area contributed by atoms with Crippen molar-refractivity contribution in [3.05, 3.63) is 0 Å². The van der Waals surface area contributed by atoms with Gasteiger partial charge in [-0.05, 0) is 43.9 Å². The van der Waals surface area contributed by atoms with Crippen LogP contribution < -0.4 is 5.43 Å². The van der Waals surface area contributed by atoms with Gasteiger partial charge >= 0.3 is 0 Å². The summed E-state index contributed by atoms with van der Waals surface area (Å²) in [6, 6.07) is 0. The topological polar surface area (TPSA) is 12.0 Å². The molecule has 1 aliphatic rings. The highest BCUT2D eigenvalue weighted by Gasteiger charge is 2.48. The maximum Gasteiger partial charge on any atom is 0.0960 e. The van der Waals surface area contributed by atoms with Gasteiger partial charge in [0.15, 0.2) is 0 Å². The van der Waals surface area contributed by atoms with E-state index in [-0.39, 0.29) is 0 Å². The Morgan fingerprint density at radius 1 is 1.16 bits per heavy atom. The van der Waals surface area contributed by atoms with Crippen LogP contribution in [0.2, 0.25) is 0 Å². The molecule has 0 amide bonds. The molecule has 0 aromatic rings. The van der Waals surface area contributed by atoms with Crippen LogP contribution in [0.1, 0.15) is 72.6 Å². The van der Waals surface area contributed by atoms with Crippen LogP contribution in [0.4, 0.5) is 0 Å². The molecule has 2 nitrogen and oxygen atoms in total. The predicted molar refractivity (Wildman–Crippen MR) is 84.9 cm³/mol. The van der Waals surface area contributed by atoms with Gasteiger partial charge in [0.2, 0.25) is 0 Å². The molecule has 1 saturated carbocycles. The zero-order chi connectivity index (χ0) is 14.4. The van der Waals surface area contributed by atoms with E-state index in [0.29, 0.717) is 5.41 Å². The minimum atomic E-state index is 0.692. The number of nitrogens with zero attached hydrogens (tertiary/aromatic N) is 1. The van der Waals surface area contributed by atoms with Gasteiger partial charge in [-0.3, -0.25) is 0 Å². The van der Waals surface area contributed by atoms with Crippen molar-refractivity contribution in [1.82, 2.24) is 5.43 Å². The van der Waals surface area contributed by atoms with Crippen LogP contribution >= 0.6 is 0 Å². The monoisotopic (exact) mass is 269 g/mol. The number of unbranched alkanes of at least 4 members (excludes halogenated alkanes) is 1.